The fourth-order valence-electron chi connectivity index (χ4n) is 5.36. The molecule has 0 N–H and O–H groups in total. The van der Waals surface area contributed by atoms with Gasteiger partial charge in [0, 0.05) is 41.0 Å². The highest BCUT2D eigenvalue weighted by Crippen LogP contribution is 2.45. The molecule has 0 spiro atoms. The van der Waals surface area contributed by atoms with Crippen molar-refractivity contribution in [3.63, 3.8) is 0 Å². The maximum absolute atomic E-state index is 12.4. The van der Waals surface area contributed by atoms with Crippen molar-refractivity contribution in [3.05, 3.63) is 36.5 Å². The molecule has 0 radical (unpaired) electrons. The van der Waals surface area contributed by atoms with Crippen LogP contribution in [-0.2, 0) is 61.9 Å². The Labute approximate surface area is 257 Å². The van der Waals surface area contributed by atoms with E-state index in [1.807, 2.05) is 0 Å². The van der Waals surface area contributed by atoms with Gasteiger partial charge in [-0.15, -0.1) is 13.2 Å². The summed E-state index contributed by atoms with van der Waals surface area (Å²) in [5.41, 5.74) is 1.82. The minimum atomic E-state index is -1.91. The van der Waals surface area contributed by atoms with Crippen molar-refractivity contribution in [1.82, 2.24) is 0 Å². The summed E-state index contributed by atoms with van der Waals surface area (Å²) in [4.78, 5) is 61.3. The summed E-state index contributed by atoms with van der Waals surface area (Å²) in [5.74, 6) is -5.56. The molecule has 44 heavy (non-hydrogen) atoms. The molecule has 0 amide bonds. The lowest BCUT2D eigenvalue weighted by atomic mass is 9.93. The first-order valence-electron chi connectivity index (χ1n) is 14.2. The normalized spacial score (nSPS) is 31.3. The maximum atomic E-state index is 12.4. The number of ether oxygens (including phenoxy) is 8. The molecule has 2 saturated heterocycles. The van der Waals surface area contributed by atoms with Crippen LogP contribution in [0.5, 0.6) is 0 Å². The van der Waals surface area contributed by atoms with E-state index in [0.29, 0.717) is 16.7 Å². The van der Waals surface area contributed by atoms with E-state index in [2.05, 4.69) is 19.7 Å². The minimum Gasteiger partial charge on any atom is -0.456 e. The van der Waals surface area contributed by atoms with Gasteiger partial charge in [0.1, 0.15) is 12.2 Å². The molecule has 9 unspecified atom stereocenters. The van der Waals surface area contributed by atoms with Gasteiger partial charge < -0.3 is 37.9 Å². The van der Waals surface area contributed by atoms with Gasteiger partial charge >= 0.3 is 29.8 Å². The quantitative estimate of drug-likeness (QED) is 0.167. The molecule has 9 atom stereocenters. The summed E-state index contributed by atoms with van der Waals surface area (Å²) in [6, 6.07) is 0. The number of esters is 5. The molecule has 2 heterocycles. The second-order valence-electron chi connectivity index (χ2n) is 11.4. The van der Waals surface area contributed by atoms with Crippen LogP contribution in [0, 0.1) is 0 Å². The number of carbonyl (C=O) groups excluding carboxylic acids is 5. The molecule has 13 nitrogen and oxygen atoms in total. The predicted octanol–water partition coefficient (Wildman–Crippen LogP) is 3.38. The Morgan fingerprint density at radius 1 is 0.568 bits per heavy atom. The Balaban J connectivity index is 2.78. The summed E-state index contributed by atoms with van der Waals surface area (Å²) in [6.07, 6.45) is -9.85. The van der Waals surface area contributed by atoms with Crippen molar-refractivity contribution in [1.29, 1.82) is 0 Å². The molecule has 0 aromatic rings. The molecule has 13 heteroatoms. The zero-order valence-corrected chi connectivity index (χ0v) is 26.7. The fourth-order valence-corrected chi connectivity index (χ4v) is 5.36. The fraction of sp³-hybridized carbons (Fsp3) is 0.645. The zero-order valence-electron chi connectivity index (χ0n) is 26.7. The van der Waals surface area contributed by atoms with Gasteiger partial charge in [0.2, 0.25) is 12.1 Å². The molecular weight excluding hydrogens is 580 g/mol. The monoisotopic (exact) mass is 624 g/mol. The lowest BCUT2D eigenvalue weighted by Crippen LogP contribution is -2.64. The van der Waals surface area contributed by atoms with E-state index >= 15 is 0 Å². The Bertz CT molecular complexity index is 1160. The highest BCUT2D eigenvalue weighted by atomic mass is 16.8. The molecule has 0 aromatic carbocycles. The summed E-state index contributed by atoms with van der Waals surface area (Å²) in [5, 5.41) is 0. The molecule has 2 fully saturated rings. The van der Waals surface area contributed by atoms with Crippen LogP contribution in [0.25, 0.3) is 0 Å². The van der Waals surface area contributed by atoms with E-state index in [9.17, 15) is 24.0 Å². The maximum Gasteiger partial charge on any atom is 0.303 e. The second kappa shape index (κ2) is 15.4. The molecular formula is C31H44O13. The number of carbonyl (C=O) groups is 5. The molecule has 0 saturated carbocycles. The third kappa shape index (κ3) is 10.00. The molecule has 246 valence electrons. The lowest BCUT2D eigenvalue weighted by Gasteiger charge is -2.47. The van der Waals surface area contributed by atoms with Crippen LogP contribution in [0.4, 0.5) is 0 Å². The van der Waals surface area contributed by atoms with Crippen molar-refractivity contribution in [2.75, 3.05) is 0 Å². The molecule has 0 aromatic heterocycles. The lowest BCUT2D eigenvalue weighted by molar-refractivity contribution is -0.376. The number of hydrogen-bond acceptors (Lipinski definition) is 13. The number of hydrogen-bond donors (Lipinski definition) is 0. The first kappa shape index (κ1) is 36.6. The van der Waals surface area contributed by atoms with E-state index in [0.717, 1.165) is 13.8 Å². The van der Waals surface area contributed by atoms with Gasteiger partial charge in [0.15, 0.2) is 30.5 Å². The van der Waals surface area contributed by atoms with Gasteiger partial charge in [-0.2, -0.15) is 0 Å². The van der Waals surface area contributed by atoms with E-state index in [1.165, 1.54) is 20.8 Å². The average molecular weight is 625 g/mol. The smallest absolute Gasteiger partial charge is 0.303 e. The standard InChI is InChI=1S/C31H44O13/c1-15(2)12-23-25(37-18(7)32)27(39-20(9)34)28(40-21(10)35)30(42-23)44-31(14-17(5)6)29(41-22(11)36)26(38-19(8)33)24(43-31)13-16(3)4/h23-30H,1,3,5,12-14H2,2,4,6-11H3. The first-order valence-corrected chi connectivity index (χ1v) is 14.2. The summed E-state index contributed by atoms with van der Waals surface area (Å²) in [7, 11) is 0. The van der Waals surface area contributed by atoms with Gasteiger partial charge in [-0.1, -0.05) is 23.3 Å². The van der Waals surface area contributed by atoms with Gasteiger partial charge in [0.25, 0.3) is 0 Å². The first-order chi connectivity index (χ1) is 20.3. The Morgan fingerprint density at radius 2 is 1.00 bits per heavy atom. The van der Waals surface area contributed by atoms with Crippen molar-refractivity contribution in [2.45, 2.75) is 129 Å². The van der Waals surface area contributed by atoms with Crippen molar-refractivity contribution >= 4 is 29.8 Å². The van der Waals surface area contributed by atoms with Crippen molar-refractivity contribution in [2.24, 2.45) is 0 Å². The van der Waals surface area contributed by atoms with E-state index in [4.69, 9.17) is 37.9 Å². The molecule has 0 bridgehead atoms. The zero-order chi connectivity index (χ0) is 33.5. The van der Waals surface area contributed by atoms with Crippen molar-refractivity contribution < 1.29 is 61.9 Å². The summed E-state index contributed by atoms with van der Waals surface area (Å²) in [6.45, 7) is 22.8. The average Bonchev–Trinajstić information content (AvgIpc) is 3.06. The molecule has 2 aliphatic heterocycles. The molecule has 2 rings (SSSR count). The Morgan fingerprint density at radius 3 is 1.45 bits per heavy atom. The van der Waals surface area contributed by atoms with Crippen LogP contribution in [0.3, 0.4) is 0 Å². The highest BCUT2D eigenvalue weighted by molar-refractivity contribution is 5.69. The van der Waals surface area contributed by atoms with E-state index < -0.39 is 84.7 Å². The third-order valence-electron chi connectivity index (χ3n) is 6.50. The summed E-state index contributed by atoms with van der Waals surface area (Å²) < 4.78 is 47.2. The van der Waals surface area contributed by atoms with Gasteiger partial charge in [-0.05, 0) is 33.6 Å². The Hall–Kier alpha value is -3.55. The SMILES string of the molecule is C=C(C)CC1OC(OC2(CC(=C)C)OC(CC(=C)C)C(OC(C)=O)C2OC(C)=O)C(OC(C)=O)C(OC(C)=O)C1OC(C)=O. The molecule has 2 aliphatic rings. The second-order valence-corrected chi connectivity index (χ2v) is 11.4. The summed E-state index contributed by atoms with van der Waals surface area (Å²) >= 11 is 0. The third-order valence-corrected chi connectivity index (χ3v) is 6.50. The highest BCUT2D eigenvalue weighted by Gasteiger charge is 2.63. The van der Waals surface area contributed by atoms with Crippen LogP contribution in [0.15, 0.2) is 36.5 Å². The topological polar surface area (TPSA) is 159 Å². The van der Waals surface area contributed by atoms with Crippen LogP contribution in [0.2, 0.25) is 0 Å². The largest absolute Gasteiger partial charge is 0.456 e. The number of rotatable bonds is 13. The van der Waals surface area contributed by atoms with Crippen LogP contribution < -0.4 is 0 Å². The van der Waals surface area contributed by atoms with Crippen LogP contribution in [-0.4, -0.2) is 84.7 Å². The minimum absolute atomic E-state index is 0.0984. The Kier molecular flexibility index (Phi) is 12.9. The van der Waals surface area contributed by atoms with Gasteiger partial charge in [-0.3, -0.25) is 24.0 Å². The molecule has 0 aliphatic carbocycles. The van der Waals surface area contributed by atoms with Gasteiger partial charge in [-0.25, -0.2) is 0 Å². The van der Waals surface area contributed by atoms with Crippen LogP contribution in [0.1, 0.15) is 74.7 Å². The predicted molar refractivity (Wildman–Crippen MR) is 153 cm³/mol. The van der Waals surface area contributed by atoms with Gasteiger partial charge in [0.05, 0.1) is 0 Å². The van der Waals surface area contributed by atoms with Crippen LogP contribution >= 0.6 is 0 Å². The van der Waals surface area contributed by atoms with E-state index in [1.54, 1.807) is 20.8 Å². The van der Waals surface area contributed by atoms with Crippen molar-refractivity contribution in [3.8, 4) is 0 Å². The van der Waals surface area contributed by atoms with E-state index in [-0.39, 0.29) is 19.3 Å².